The topological polar surface area (TPSA) is 46.2 Å². The second kappa shape index (κ2) is 5.34. The number of aliphatic hydroxyl groups excluding tert-OH is 1. The van der Waals surface area contributed by atoms with Gasteiger partial charge in [0.2, 0.25) is 0 Å². The Morgan fingerprint density at radius 2 is 2.18 bits per heavy atom. The molecule has 0 bridgehead atoms. The van der Waals surface area contributed by atoms with Crippen LogP contribution in [0, 0.1) is 11.7 Å². The molecule has 1 fully saturated rings. The first-order chi connectivity index (χ1) is 8.11. The lowest BCUT2D eigenvalue weighted by Crippen LogP contribution is -2.26. The molecule has 0 radical (unpaired) electrons. The Hall–Kier alpha value is -0.640. The van der Waals surface area contributed by atoms with Crippen LogP contribution in [0.3, 0.4) is 0 Å². The van der Waals surface area contributed by atoms with Crippen LogP contribution in [0.1, 0.15) is 30.7 Å². The Bertz CT molecular complexity index is 395. The van der Waals surface area contributed by atoms with Crippen molar-refractivity contribution in [1.29, 1.82) is 0 Å². The summed E-state index contributed by atoms with van der Waals surface area (Å²) in [6.45, 7) is 0.319. The van der Waals surface area contributed by atoms with Crippen LogP contribution in [0.4, 0.5) is 4.39 Å². The second-order valence-corrected chi connectivity index (χ2v) is 5.16. The number of hydrogen-bond acceptors (Lipinski definition) is 2. The van der Waals surface area contributed by atoms with Crippen molar-refractivity contribution in [2.24, 2.45) is 11.7 Å². The number of aliphatic hydroxyl groups is 1. The monoisotopic (exact) mass is 257 g/mol. The Morgan fingerprint density at radius 1 is 1.47 bits per heavy atom. The first kappa shape index (κ1) is 12.8. The number of halogens is 2. The van der Waals surface area contributed by atoms with Crippen molar-refractivity contribution < 1.29 is 9.50 Å². The summed E-state index contributed by atoms with van der Waals surface area (Å²) in [4.78, 5) is 0. The maximum absolute atomic E-state index is 13.0. The maximum Gasteiger partial charge on any atom is 0.124 e. The van der Waals surface area contributed by atoms with E-state index < -0.39 is 6.10 Å². The molecule has 0 saturated heterocycles. The van der Waals surface area contributed by atoms with Gasteiger partial charge in [0.05, 0.1) is 6.10 Å². The minimum absolute atomic E-state index is 0.205. The van der Waals surface area contributed by atoms with Crippen LogP contribution in [0.5, 0.6) is 0 Å². The third kappa shape index (κ3) is 3.18. The normalized spacial score (nSPS) is 19.1. The molecule has 1 aliphatic rings. The maximum atomic E-state index is 13.0. The molecule has 1 aromatic rings. The smallest absolute Gasteiger partial charge is 0.124 e. The van der Waals surface area contributed by atoms with E-state index in [4.69, 9.17) is 17.3 Å². The van der Waals surface area contributed by atoms with Crippen LogP contribution in [-0.2, 0) is 0 Å². The van der Waals surface area contributed by atoms with Gasteiger partial charge in [-0.3, -0.25) is 0 Å². The lowest BCUT2D eigenvalue weighted by molar-refractivity contribution is 0.129. The molecule has 1 saturated carbocycles. The minimum atomic E-state index is -0.490. The van der Waals surface area contributed by atoms with Gasteiger partial charge in [-0.15, -0.1) is 0 Å². The fourth-order valence-corrected chi connectivity index (χ4v) is 2.46. The zero-order valence-corrected chi connectivity index (χ0v) is 10.3. The number of nitrogens with two attached hydrogens (primary N) is 1. The molecule has 2 rings (SSSR count). The molecule has 1 aromatic carbocycles. The molecular weight excluding hydrogens is 241 g/mol. The van der Waals surface area contributed by atoms with Gasteiger partial charge >= 0.3 is 0 Å². The Kier molecular flexibility index (Phi) is 4.02. The Balaban J connectivity index is 2.14. The van der Waals surface area contributed by atoms with Crippen LogP contribution in [0.25, 0.3) is 0 Å². The highest BCUT2D eigenvalue weighted by atomic mass is 35.5. The van der Waals surface area contributed by atoms with Gasteiger partial charge in [0.15, 0.2) is 0 Å². The third-order valence-electron chi connectivity index (χ3n) is 3.35. The van der Waals surface area contributed by atoms with E-state index in [1.54, 1.807) is 6.07 Å². The van der Waals surface area contributed by atoms with Crippen molar-refractivity contribution in [2.45, 2.75) is 31.3 Å². The zero-order chi connectivity index (χ0) is 12.4. The summed E-state index contributed by atoms with van der Waals surface area (Å²) in [5.41, 5.74) is 6.44. The van der Waals surface area contributed by atoms with Gasteiger partial charge in [-0.1, -0.05) is 30.5 Å². The van der Waals surface area contributed by atoms with Gasteiger partial charge in [-0.25, -0.2) is 4.39 Å². The standard InChI is InChI=1S/C13H17ClFNO/c14-12-6-9(15)3-4-10(12)11(7-16)13(17)5-8-1-2-8/h3-4,6,8,11,13,17H,1-2,5,7,16H2. The SMILES string of the molecule is NCC(c1ccc(F)cc1Cl)C(O)CC1CC1. The average Bonchev–Trinajstić information content (AvgIpc) is 3.06. The van der Waals surface area contributed by atoms with E-state index in [9.17, 15) is 9.50 Å². The second-order valence-electron chi connectivity index (χ2n) is 4.75. The van der Waals surface area contributed by atoms with Gasteiger partial charge in [0.25, 0.3) is 0 Å². The van der Waals surface area contributed by atoms with Crippen LogP contribution < -0.4 is 5.73 Å². The number of benzene rings is 1. The quantitative estimate of drug-likeness (QED) is 0.852. The third-order valence-corrected chi connectivity index (χ3v) is 3.68. The molecule has 0 aliphatic heterocycles. The Morgan fingerprint density at radius 3 is 2.71 bits per heavy atom. The molecule has 17 heavy (non-hydrogen) atoms. The molecule has 0 heterocycles. The van der Waals surface area contributed by atoms with Crippen molar-refractivity contribution in [1.82, 2.24) is 0 Å². The van der Waals surface area contributed by atoms with Crippen LogP contribution in [0.2, 0.25) is 5.02 Å². The summed E-state index contributed by atoms with van der Waals surface area (Å²) in [7, 11) is 0. The molecule has 2 nitrogen and oxygen atoms in total. The van der Waals surface area contributed by atoms with Gasteiger partial charge in [0, 0.05) is 17.5 Å². The summed E-state index contributed by atoms with van der Waals surface area (Å²) in [5, 5.41) is 10.5. The van der Waals surface area contributed by atoms with E-state index in [2.05, 4.69) is 0 Å². The molecule has 2 atom stereocenters. The molecule has 4 heteroatoms. The summed E-state index contributed by atoms with van der Waals surface area (Å²) in [6.07, 6.45) is 2.64. The largest absolute Gasteiger partial charge is 0.392 e. The first-order valence-electron chi connectivity index (χ1n) is 5.95. The van der Waals surface area contributed by atoms with Crippen molar-refractivity contribution >= 4 is 11.6 Å². The van der Waals surface area contributed by atoms with Crippen molar-refractivity contribution in [3.8, 4) is 0 Å². The fourth-order valence-electron chi connectivity index (χ4n) is 2.15. The molecular formula is C13H17ClFNO. The van der Waals surface area contributed by atoms with Crippen molar-refractivity contribution in [3.05, 3.63) is 34.6 Å². The van der Waals surface area contributed by atoms with Crippen LogP contribution >= 0.6 is 11.6 Å². The van der Waals surface area contributed by atoms with E-state index in [-0.39, 0.29) is 11.7 Å². The van der Waals surface area contributed by atoms with E-state index in [0.29, 0.717) is 17.5 Å². The van der Waals surface area contributed by atoms with Crippen LogP contribution in [0.15, 0.2) is 18.2 Å². The molecule has 3 N–H and O–H groups in total. The highest BCUT2D eigenvalue weighted by Crippen LogP contribution is 2.37. The predicted octanol–water partition coefficient (Wildman–Crippen LogP) is 2.68. The fraction of sp³-hybridized carbons (Fsp3) is 0.538. The van der Waals surface area contributed by atoms with E-state index in [0.717, 1.165) is 12.0 Å². The lowest BCUT2D eigenvalue weighted by Gasteiger charge is -2.22. The van der Waals surface area contributed by atoms with Crippen molar-refractivity contribution in [2.75, 3.05) is 6.54 Å². The molecule has 0 aromatic heterocycles. The van der Waals surface area contributed by atoms with Crippen molar-refractivity contribution in [3.63, 3.8) is 0 Å². The first-order valence-corrected chi connectivity index (χ1v) is 6.32. The van der Waals surface area contributed by atoms with E-state index >= 15 is 0 Å². The predicted molar refractivity (Wildman–Crippen MR) is 66.6 cm³/mol. The number of hydrogen-bond donors (Lipinski definition) is 2. The molecule has 0 amide bonds. The minimum Gasteiger partial charge on any atom is -0.392 e. The highest BCUT2D eigenvalue weighted by molar-refractivity contribution is 6.31. The summed E-state index contributed by atoms with van der Waals surface area (Å²) in [6, 6.07) is 4.24. The summed E-state index contributed by atoms with van der Waals surface area (Å²) < 4.78 is 13.0. The summed E-state index contributed by atoms with van der Waals surface area (Å²) >= 11 is 5.99. The Labute approximate surface area is 106 Å². The van der Waals surface area contributed by atoms with E-state index in [1.165, 1.54) is 25.0 Å². The van der Waals surface area contributed by atoms with Gasteiger partial charge in [-0.05, 0) is 30.0 Å². The molecule has 2 unspecified atom stereocenters. The van der Waals surface area contributed by atoms with Gasteiger partial charge in [0.1, 0.15) is 5.82 Å². The zero-order valence-electron chi connectivity index (χ0n) is 9.57. The van der Waals surface area contributed by atoms with Gasteiger partial charge in [-0.2, -0.15) is 0 Å². The molecule has 1 aliphatic carbocycles. The van der Waals surface area contributed by atoms with Gasteiger partial charge < -0.3 is 10.8 Å². The van der Waals surface area contributed by atoms with E-state index in [1.807, 2.05) is 0 Å². The highest BCUT2D eigenvalue weighted by Gasteiger charge is 2.29. The lowest BCUT2D eigenvalue weighted by atomic mass is 9.90. The van der Waals surface area contributed by atoms with Crippen LogP contribution in [-0.4, -0.2) is 17.8 Å². The molecule has 94 valence electrons. The average molecular weight is 258 g/mol. The summed E-state index contributed by atoms with van der Waals surface area (Å²) in [5.74, 6) is 0.0492. The molecule has 0 spiro atoms. The number of rotatable bonds is 5.